The van der Waals surface area contributed by atoms with Gasteiger partial charge in [0.1, 0.15) is 17.1 Å². The Labute approximate surface area is 160 Å². The number of thioether (sulfide) groups is 1. The molecule has 7 heteroatoms. The molecule has 0 aliphatic carbocycles. The van der Waals surface area contributed by atoms with Gasteiger partial charge in [-0.2, -0.15) is 0 Å². The van der Waals surface area contributed by atoms with Crippen molar-refractivity contribution >= 4 is 23.3 Å². The molecule has 0 saturated carbocycles. The molecule has 6 nitrogen and oxygen atoms in total. The number of aryl methyl sites for hydroxylation is 1. The van der Waals surface area contributed by atoms with E-state index in [-0.39, 0.29) is 5.91 Å². The summed E-state index contributed by atoms with van der Waals surface area (Å²) in [6.45, 7) is 2.16. The number of nitrogens with one attached hydrogen (secondary N) is 1. The molecule has 0 aliphatic heterocycles. The third-order valence-electron chi connectivity index (χ3n) is 4.03. The van der Waals surface area contributed by atoms with E-state index in [0.29, 0.717) is 23.6 Å². The lowest BCUT2D eigenvalue weighted by Gasteiger charge is -2.08. The van der Waals surface area contributed by atoms with Gasteiger partial charge in [-0.1, -0.05) is 23.4 Å². The first-order valence-corrected chi connectivity index (χ1v) is 9.52. The van der Waals surface area contributed by atoms with Crippen molar-refractivity contribution in [3.8, 4) is 0 Å². The lowest BCUT2D eigenvalue weighted by atomic mass is 10.2. The summed E-state index contributed by atoms with van der Waals surface area (Å²) in [5, 5.41) is 6.79. The Kier molecular flexibility index (Phi) is 4.93. The number of benzene rings is 1. The number of pyridine rings is 1. The second kappa shape index (κ2) is 7.67. The second-order valence-electron chi connectivity index (χ2n) is 6.09. The lowest BCUT2D eigenvalue weighted by Crippen LogP contribution is -2.23. The van der Waals surface area contributed by atoms with Gasteiger partial charge in [-0.25, -0.2) is 4.98 Å². The van der Waals surface area contributed by atoms with Crippen LogP contribution in [0.1, 0.15) is 27.5 Å². The largest absolute Gasteiger partial charge is 0.361 e. The fraction of sp³-hybridized carbons (Fsp3) is 0.150. The van der Waals surface area contributed by atoms with Gasteiger partial charge >= 0.3 is 0 Å². The first-order valence-electron chi connectivity index (χ1n) is 8.54. The Morgan fingerprint density at radius 3 is 2.85 bits per heavy atom. The molecule has 3 aromatic heterocycles. The maximum atomic E-state index is 12.6. The maximum Gasteiger partial charge on any atom is 0.252 e. The minimum absolute atomic E-state index is 0.131. The predicted octanol–water partition coefficient (Wildman–Crippen LogP) is 3.85. The van der Waals surface area contributed by atoms with E-state index < -0.39 is 0 Å². The highest BCUT2D eigenvalue weighted by atomic mass is 32.2. The zero-order valence-corrected chi connectivity index (χ0v) is 15.6. The molecule has 0 fully saturated rings. The summed E-state index contributed by atoms with van der Waals surface area (Å²) in [7, 11) is 0. The zero-order valence-electron chi connectivity index (χ0n) is 14.8. The summed E-state index contributed by atoms with van der Waals surface area (Å²) in [5.74, 6) is 1.28. The number of nitrogens with zero attached hydrogens (tertiary/aromatic N) is 3. The summed E-state index contributed by atoms with van der Waals surface area (Å²) in [6, 6.07) is 15.3. The molecular formula is C20H18N4O2S. The molecule has 136 valence electrons. The average Bonchev–Trinajstić information content (AvgIpc) is 3.30. The molecule has 0 atom stereocenters. The Morgan fingerprint density at radius 1 is 1.19 bits per heavy atom. The van der Waals surface area contributed by atoms with Gasteiger partial charge in [0.05, 0.1) is 17.8 Å². The topological polar surface area (TPSA) is 72.4 Å². The molecule has 0 bridgehead atoms. The van der Waals surface area contributed by atoms with Crippen LogP contribution in [0.25, 0.3) is 5.65 Å². The van der Waals surface area contributed by atoms with Crippen molar-refractivity contribution in [3.05, 3.63) is 83.6 Å². The van der Waals surface area contributed by atoms with Crippen LogP contribution in [0.2, 0.25) is 0 Å². The number of hydrogen-bond acceptors (Lipinski definition) is 5. The van der Waals surface area contributed by atoms with Crippen molar-refractivity contribution in [2.75, 3.05) is 0 Å². The minimum atomic E-state index is -0.131. The molecule has 0 unspecified atom stereocenters. The molecule has 1 amide bonds. The monoisotopic (exact) mass is 378 g/mol. The third-order valence-corrected chi connectivity index (χ3v) is 5.14. The van der Waals surface area contributed by atoms with Crippen molar-refractivity contribution in [2.45, 2.75) is 24.1 Å². The summed E-state index contributed by atoms with van der Waals surface area (Å²) >= 11 is 1.60. The molecule has 1 aromatic carbocycles. The highest BCUT2D eigenvalue weighted by Gasteiger charge is 2.13. The van der Waals surface area contributed by atoms with Crippen LogP contribution in [0.5, 0.6) is 0 Å². The van der Waals surface area contributed by atoms with Crippen LogP contribution in [0.4, 0.5) is 0 Å². The molecule has 27 heavy (non-hydrogen) atoms. The predicted molar refractivity (Wildman–Crippen MR) is 104 cm³/mol. The van der Waals surface area contributed by atoms with Gasteiger partial charge in [-0.05, 0) is 31.2 Å². The zero-order chi connectivity index (χ0) is 18.6. The number of hydrogen-bond donors (Lipinski definition) is 1. The van der Waals surface area contributed by atoms with Crippen molar-refractivity contribution in [3.63, 3.8) is 0 Å². The fourth-order valence-electron chi connectivity index (χ4n) is 2.76. The van der Waals surface area contributed by atoms with Gasteiger partial charge in [-0.15, -0.1) is 11.8 Å². The van der Waals surface area contributed by atoms with Gasteiger partial charge in [-0.3, -0.25) is 4.79 Å². The van der Waals surface area contributed by atoms with E-state index >= 15 is 0 Å². The van der Waals surface area contributed by atoms with Gasteiger partial charge in [0.2, 0.25) is 0 Å². The Morgan fingerprint density at radius 2 is 2.04 bits per heavy atom. The SMILES string of the molecule is Cc1cc(CNC(=O)c2ccccc2SCc2cn3ccccc3n2)no1. The Hall–Kier alpha value is -3.06. The van der Waals surface area contributed by atoms with E-state index in [4.69, 9.17) is 4.52 Å². The first kappa shape index (κ1) is 17.4. The fourth-order valence-corrected chi connectivity index (χ4v) is 3.69. The molecule has 4 rings (SSSR count). The van der Waals surface area contributed by atoms with Crippen LogP contribution >= 0.6 is 11.8 Å². The molecule has 0 aliphatic rings. The number of carbonyl (C=O) groups is 1. The van der Waals surface area contributed by atoms with Crippen LogP contribution in [0.15, 0.2) is 70.3 Å². The third kappa shape index (κ3) is 4.03. The van der Waals surface area contributed by atoms with Crippen molar-refractivity contribution in [1.29, 1.82) is 0 Å². The number of amides is 1. The molecular weight excluding hydrogens is 360 g/mol. The number of imidazole rings is 1. The summed E-state index contributed by atoms with van der Waals surface area (Å²) in [5.41, 5.74) is 3.24. The van der Waals surface area contributed by atoms with Crippen molar-refractivity contribution in [1.82, 2.24) is 19.9 Å². The molecule has 0 radical (unpaired) electrons. The van der Waals surface area contributed by atoms with Gasteiger partial charge < -0.3 is 14.2 Å². The maximum absolute atomic E-state index is 12.6. The second-order valence-corrected chi connectivity index (χ2v) is 7.11. The van der Waals surface area contributed by atoms with E-state index in [1.807, 2.05) is 72.2 Å². The van der Waals surface area contributed by atoms with Crippen LogP contribution in [-0.4, -0.2) is 20.4 Å². The van der Waals surface area contributed by atoms with Crippen LogP contribution in [0.3, 0.4) is 0 Å². The van der Waals surface area contributed by atoms with E-state index in [2.05, 4.69) is 15.5 Å². The standard InChI is InChI=1S/C20H18N4O2S/c1-14-10-15(23-26-14)11-21-20(25)17-6-2-3-7-18(17)27-13-16-12-24-9-5-4-8-19(24)22-16/h2-10,12H,11,13H2,1H3,(H,21,25). The molecule has 1 N–H and O–H groups in total. The van der Waals surface area contributed by atoms with E-state index in [9.17, 15) is 4.79 Å². The van der Waals surface area contributed by atoms with Gasteiger partial charge in [0, 0.05) is 29.1 Å². The van der Waals surface area contributed by atoms with E-state index in [0.717, 1.165) is 22.0 Å². The molecule has 0 spiro atoms. The number of aromatic nitrogens is 3. The highest BCUT2D eigenvalue weighted by molar-refractivity contribution is 7.98. The van der Waals surface area contributed by atoms with E-state index in [1.54, 1.807) is 11.8 Å². The summed E-state index contributed by atoms with van der Waals surface area (Å²) in [6.07, 6.45) is 3.99. The Bertz CT molecular complexity index is 1050. The summed E-state index contributed by atoms with van der Waals surface area (Å²) < 4.78 is 7.02. The van der Waals surface area contributed by atoms with Crippen molar-refractivity contribution in [2.24, 2.45) is 0 Å². The molecule has 3 heterocycles. The van der Waals surface area contributed by atoms with Crippen LogP contribution < -0.4 is 5.32 Å². The van der Waals surface area contributed by atoms with Crippen LogP contribution in [-0.2, 0) is 12.3 Å². The normalized spacial score (nSPS) is 11.0. The summed E-state index contributed by atoms with van der Waals surface area (Å²) in [4.78, 5) is 18.1. The number of rotatable bonds is 6. The molecule has 4 aromatic rings. The quantitative estimate of drug-likeness (QED) is 0.516. The number of carbonyl (C=O) groups excluding carboxylic acids is 1. The Balaban J connectivity index is 1.44. The first-order chi connectivity index (χ1) is 13.2. The number of fused-ring (bicyclic) bond motifs is 1. The van der Waals surface area contributed by atoms with E-state index in [1.165, 1.54) is 0 Å². The van der Waals surface area contributed by atoms with Crippen LogP contribution in [0, 0.1) is 6.92 Å². The smallest absolute Gasteiger partial charge is 0.252 e. The highest BCUT2D eigenvalue weighted by Crippen LogP contribution is 2.26. The lowest BCUT2D eigenvalue weighted by molar-refractivity contribution is 0.0947. The molecule has 0 saturated heterocycles. The van der Waals surface area contributed by atoms with Crippen molar-refractivity contribution < 1.29 is 9.32 Å². The average molecular weight is 378 g/mol. The van der Waals surface area contributed by atoms with Gasteiger partial charge in [0.25, 0.3) is 5.91 Å². The van der Waals surface area contributed by atoms with Gasteiger partial charge in [0.15, 0.2) is 0 Å². The minimum Gasteiger partial charge on any atom is -0.361 e.